The summed E-state index contributed by atoms with van der Waals surface area (Å²) in [7, 11) is 1.78. The third-order valence-electron chi connectivity index (χ3n) is 3.81. The van der Waals surface area contributed by atoms with Crippen molar-refractivity contribution in [2.45, 2.75) is 44.6 Å². The average Bonchev–Trinajstić information content (AvgIpc) is 2.42. The first-order valence-corrected chi connectivity index (χ1v) is 7.19. The van der Waals surface area contributed by atoms with Gasteiger partial charge in [0.05, 0.1) is 0 Å². The Bertz CT molecular complexity index is 351. The fourth-order valence-electron chi connectivity index (χ4n) is 2.73. The van der Waals surface area contributed by atoms with Crippen LogP contribution in [-0.4, -0.2) is 26.3 Å². The third kappa shape index (κ3) is 4.11. The molecule has 0 bridgehead atoms. The lowest BCUT2D eigenvalue weighted by atomic mass is 9.88. The Hall–Kier alpha value is -0.860. The Balaban J connectivity index is 1.64. The van der Waals surface area contributed by atoms with Crippen molar-refractivity contribution in [1.29, 1.82) is 0 Å². The number of nitrogens with one attached hydrogen (secondary N) is 1. The van der Waals surface area contributed by atoms with Gasteiger partial charge in [-0.2, -0.15) is 0 Å². The SMILES string of the molecule is COCCCCCNC1CCc2ccccc2C1. The average molecular weight is 247 g/mol. The molecule has 0 spiro atoms. The zero-order valence-electron chi connectivity index (χ0n) is 11.5. The highest BCUT2D eigenvalue weighted by Crippen LogP contribution is 2.20. The van der Waals surface area contributed by atoms with Gasteiger partial charge in [0, 0.05) is 19.8 Å². The molecule has 2 heteroatoms. The van der Waals surface area contributed by atoms with Crippen LogP contribution in [-0.2, 0) is 17.6 Å². The zero-order valence-corrected chi connectivity index (χ0v) is 11.5. The second-order valence-corrected chi connectivity index (χ2v) is 5.22. The first-order chi connectivity index (χ1) is 8.90. The molecule has 0 saturated carbocycles. The normalized spacial score (nSPS) is 18.6. The van der Waals surface area contributed by atoms with Crippen LogP contribution in [0.5, 0.6) is 0 Å². The van der Waals surface area contributed by atoms with Gasteiger partial charge in [0.15, 0.2) is 0 Å². The fraction of sp³-hybridized carbons (Fsp3) is 0.625. The minimum absolute atomic E-state index is 0.683. The molecule has 100 valence electrons. The number of hydrogen-bond donors (Lipinski definition) is 1. The van der Waals surface area contributed by atoms with Crippen LogP contribution >= 0.6 is 0 Å². The van der Waals surface area contributed by atoms with Gasteiger partial charge in [-0.05, 0) is 56.2 Å². The molecular weight excluding hydrogens is 222 g/mol. The van der Waals surface area contributed by atoms with Crippen molar-refractivity contribution in [2.75, 3.05) is 20.3 Å². The van der Waals surface area contributed by atoms with Crippen LogP contribution in [0.25, 0.3) is 0 Å². The van der Waals surface area contributed by atoms with Crippen molar-refractivity contribution in [3.63, 3.8) is 0 Å². The zero-order chi connectivity index (χ0) is 12.6. The largest absolute Gasteiger partial charge is 0.385 e. The molecule has 2 rings (SSSR count). The molecule has 1 aliphatic carbocycles. The number of unbranched alkanes of at least 4 members (excludes halogenated alkanes) is 2. The van der Waals surface area contributed by atoms with Crippen LogP contribution in [0.4, 0.5) is 0 Å². The van der Waals surface area contributed by atoms with Gasteiger partial charge in [-0.3, -0.25) is 0 Å². The molecule has 1 atom stereocenters. The highest BCUT2D eigenvalue weighted by atomic mass is 16.5. The van der Waals surface area contributed by atoms with Crippen LogP contribution in [0, 0.1) is 0 Å². The predicted octanol–water partition coefficient (Wildman–Crippen LogP) is 2.95. The van der Waals surface area contributed by atoms with Gasteiger partial charge in [-0.25, -0.2) is 0 Å². The predicted molar refractivity (Wildman–Crippen MR) is 76.0 cm³/mol. The Morgan fingerprint density at radius 1 is 1.17 bits per heavy atom. The van der Waals surface area contributed by atoms with Crippen LogP contribution in [0.1, 0.15) is 36.8 Å². The van der Waals surface area contributed by atoms with E-state index in [0.29, 0.717) is 6.04 Å². The molecule has 0 fully saturated rings. The quantitative estimate of drug-likeness (QED) is 0.748. The van der Waals surface area contributed by atoms with Crippen LogP contribution in [0.2, 0.25) is 0 Å². The number of fused-ring (bicyclic) bond motifs is 1. The highest BCUT2D eigenvalue weighted by molar-refractivity contribution is 5.30. The Morgan fingerprint density at radius 2 is 2.00 bits per heavy atom. The van der Waals surface area contributed by atoms with Crippen molar-refractivity contribution in [3.05, 3.63) is 35.4 Å². The van der Waals surface area contributed by atoms with Crippen LogP contribution in [0.3, 0.4) is 0 Å². The van der Waals surface area contributed by atoms with E-state index >= 15 is 0 Å². The topological polar surface area (TPSA) is 21.3 Å². The number of aryl methyl sites for hydroxylation is 1. The molecule has 1 unspecified atom stereocenters. The van der Waals surface area contributed by atoms with Gasteiger partial charge >= 0.3 is 0 Å². The minimum atomic E-state index is 0.683. The summed E-state index contributed by atoms with van der Waals surface area (Å²) in [5.41, 5.74) is 3.09. The standard InChI is InChI=1S/C16H25NO/c1-18-12-6-2-5-11-17-16-10-9-14-7-3-4-8-15(14)13-16/h3-4,7-8,16-17H,2,5-6,9-13H2,1H3. The van der Waals surface area contributed by atoms with E-state index in [9.17, 15) is 0 Å². The molecule has 0 aromatic heterocycles. The van der Waals surface area contributed by atoms with E-state index < -0.39 is 0 Å². The van der Waals surface area contributed by atoms with Crippen molar-refractivity contribution in [2.24, 2.45) is 0 Å². The monoisotopic (exact) mass is 247 g/mol. The third-order valence-corrected chi connectivity index (χ3v) is 3.81. The molecular formula is C16H25NO. The van der Waals surface area contributed by atoms with Gasteiger partial charge in [-0.15, -0.1) is 0 Å². The lowest BCUT2D eigenvalue weighted by Gasteiger charge is -2.25. The van der Waals surface area contributed by atoms with Crippen LogP contribution in [0.15, 0.2) is 24.3 Å². The Labute approximate surface area is 111 Å². The fourth-order valence-corrected chi connectivity index (χ4v) is 2.73. The smallest absolute Gasteiger partial charge is 0.0462 e. The summed E-state index contributed by atoms with van der Waals surface area (Å²) in [6.45, 7) is 2.05. The van der Waals surface area contributed by atoms with Gasteiger partial charge in [0.2, 0.25) is 0 Å². The van der Waals surface area contributed by atoms with E-state index in [1.54, 1.807) is 18.2 Å². The van der Waals surface area contributed by atoms with Crippen molar-refractivity contribution in [3.8, 4) is 0 Å². The molecule has 0 heterocycles. The molecule has 1 N–H and O–H groups in total. The summed E-state index contributed by atoms with van der Waals surface area (Å²) in [5.74, 6) is 0. The van der Waals surface area contributed by atoms with E-state index in [1.165, 1.54) is 38.5 Å². The van der Waals surface area contributed by atoms with E-state index in [0.717, 1.165) is 13.2 Å². The van der Waals surface area contributed by atoms with Gasteiger partial charge in [0.25, 0.3) is 0 Å². The van der Waals surface area contributed by atoms with E-state index in [2.05, 4.69) is 29.6 Å². The molecule has 1 aromatic rings. The summed E-state index contributed by atoms with van der Waals surface area (Å²) >= 11 is 0. The molecule has 0 aliphatic heterocycles. The lowest BCUT2D eigenvalue weighted by Crippen LogP contribution is -2.35. The summed E-state index contributed by atoms with van der Waals surface area (Å²) < 4.78 is 5.06. The minimum Gasteiger partial charge on any atom is -0.385 e. The van der Waals surface area contributed by atoms with Crippen LogP contribution < -0.4 is 5.32 Å². The molecule has 1 aromatic carbocycles. The van der Waals surface area contributed by atoms with E-state index in [-0.39, 0.29) is 0 Å². The molecule has 18 heavy (non-hydrogen) atoms. The van der Waals surface area contributed by atoms with Crippen molar-refractivity contribution < 1.29 is 4.74 Å². The van der Waals surface area contributed by atoms with Crippen molar-refractivity contribution >= 4 is 0 Å². The molecule has 0 amide bonds. The Morgan fingerprint density at radius 3 is 2.83 bits per heavy atom. The summed E-state index contributed by atoms with van der Waals surface area (Å²) in [5, 5.41) is 3.70. The molecule has 2 nitrogen and oxygen atoms in total. The van der Waals surface area contributed by atoms with E-state index in [1.807, 2.05) is 0 Å². The number of hydrogen-bond acceptors (Lipinski definition) is 2. The number of methoxy groups -OCH3 is 1. The maximum Gasteiger partial charge on any atom is 0.0462 e. The Kier molecular flexibility index (Phi) is 5.69. The lowest BCUT2D eigenvalue weighted by molar-refractivity contribution is 0.192. The number of benzene rings is 1. The maximum absolute atomic E-state index is 5.06. The second-order valence-electron chi connectivity index (χ2n) is 5.22. The second kappa shape index (κ2) is 7.55. The highest BCUT2D eigenvalue weighted by Gasteiger charge is 2.16. The first-order valence-electron chi connectivity index (χ1n) is 7.19. The summed E-state index contributed by atoms with van der Waals surface area (Å²) in [4.78, 5) is 0. The van der Waals surface area contributed by atoms with E-state index in [4.69, 9.17) is 4.74 Å². The van der Waals surface area contributed by atoms with Gasteiger partial charge in [0.1, 0.15) is 0 Å². The molecule has 0 radical (unpaired) electrons. The molecule has 0 saturated heterocycles. The first kappa shape index (κ1) is 13.6. The van der Waals surface area contributed by atoms with Crippen molar-refractivity contribution in [1.82, 2.24) is 5.32 Å². The summed E-state index contributed by atoms with van der Waals surface area (Å²) in [6, 6.07) is 9.55. The van der Waals surface area contributed by atoms with Gasteiger partial charge < -0.3 is 10.1 Å². The van der Waals surface area contributed by atoms with Gasteiger partial charge in [-0.1, -0.05) is 24.3 Å². The summed E-state index contributed by atoms with van der Waals surface area (Å²) in [6.07, 6.45) is 7.44. The molecule has 1 aliphatic rings. The maximum atomic E-state index is 5.06. The number of ether oxygens (including phenoxy) is 1. The number of rotatable bonds is 7.